The van der Waals surface area contributed by atoms with Crippen molar-refractivity contribution in [3.63, 3.8) is 0 Å². The summed E-state index contributed by atoms with van der Waals surface area (Å²) in [5.74, 6) is 5.13. The summed E-state index contributed by atoms with van der Waals surface area (Å²) in [4.78, 5) is 15.9. The summed E-state index contributed by atoms with van der Waals surface area (Å²) in [6.45, 7) is 2.05. The van der Waals surface area contributed by atoms with Gasteiger partial charge in [0.2, 0.25) is 0 Å². The average molecular weight is 220 g/mol. The first kappa shape index (κ1) is 10.9. The molecule has 1 saturated carbocycles. The Morgan fingerprint density at radius 2 is 2.31 bits per heavy atom. The van der Waals surface area contributed by atoms with Gasteiger partial charge < -0.3 is 10.7 Å². The van der Waals surface area contributed by atoms with Crippen LogP contribution in [0.4, 0.5) is 5.69 Å². The lowest BCUT2D eigenvalue weighted by Crippen LogP contribution is -2.51. The molecule has 0 radical (unpaired) electrons. The second-order valence-corrected chi connectivity index (χ2v) is 4.44. The highest BCUT2D eigenvalue weighted by Gasteiger charge is 2.33. The van der Waals surface area contributed by atoms with Gasteiger partial charge in [-0.25, -0.2) is 0 Å². The zero-order valence-corrected chi connectivity index (χ0v) is 9.29. The summed E-state index contributed by atoms with van der Waals surface area (Å²) in [7, 11) is 0. The Morgan fingerprint density at radius 3 is 2.88 bits per heavy atom. The van der Waals surface area contributed by atoms with Crippen molar-refractivity contribution >= 4 is 11.6 Å². The third-order valence-corrected chi connectivity index (χ3v) is 3.03. The van der Waals surface area contributed by atoms with Crippen molar-refractivity contribution in [2.45, 2.75) is 31.7 Å². The van der Waals surface area contributed by atoms with Crippen LogP contribution in [0.5, 0.6) is 0 Å². The maximum absolute atomic E-state index is 11.9. The van der Waals surface area contributed by atoms with Gasteiger partial charge in [0, 0.05) is 11.7 Å². The molecule has 1 aromatic rings. The van der Waals surface area contributed by atoms with E-state index in [0.717, 1.165) is 12.8 Å². The van der Waals surface area contributed by atoms with Crippen molar-refractivity contribution in [3.05, 3.63) is 24.0 Å². The smallest absolute Gasteiger partial charge is 0.270 e. The van der Waals surface area contributed by atoms with E-state index in [1.54, 1.807) is 18.3 Å². The van der Waals surface area contributed by atoms with Gasteiger partial charge in [-0.05, 0) is 38.3 Å². The molecule has 0 unspecified atom stereocenters. The lowest BCUT2D eigenvalue weighted by molar-refractivity contribution is 0.0845. The number of carbonyl (C=O) groups is 1. The SMILES string of the molecule is CC1(NC(=O)c2cc(NN)ccn2)CCC1. The molecule has 1 aromatic heterocycles. The average Bonchev–Trinajstić information content (AvgIpc) is 2.27. The van der Waals surface area contributed by atoms with E-state index in [1.807, 2.05) is 0 Å². The number of pyridine rings is 1. The Morgan fingerprint density at radius 1 is 1.56 bits per heavy atom. The number of hydrogen-bond donors (Lipinski definition) is 3. The molecule has 1 aliphatic rings. The summed E-state index contributed by atoms with van der Waals surface area (Å²) >= 11 is 0. The molecule has 0 bridgehead atoms. The van der Waals surface area contributed by atoms with E-state index < -0.39 is 0 Å². The third kappa shape index (κ3) is 2.14. The van der Waals surface area contributed by atoms with Crippen LogP contribution in [-0.2, 0) is 0 Å². The monoisotopic (exact) mass is 220 g/mol. The van der Waals surface area contributed by atoms with E-state index in [-0.39, 0.29) is 11.4 Å². The Kier molecular flexibility index (Phi) is 2.78. The van der Waals surface area contributed by atoms with Crippen molar-refractivity contribution in [2.24, 2.45) is 5.84 Å². The lowest BCUT2D eigenvalue weighted by atomic mass is 9.78. The molecule has 1 amide bonds. The van der Waals surface area contributed by atoms with E-state index in [9.17, 15) is 4.79 Å². The van der Waals surface area contributed by atoms with Crippen LogP contribution in [0.2, 0.25) is 0 Å². The summed E-state index contributed by atoms with van der Waals surface area (Å²) < 4.78 is 0. The molecule has 1 heterocycles. The quantitative estimate of drug-likeness (QED) is 0.525. The summed E-state index contributed by atoms with van der Waals surface area (Å²) in [5, 5.41) is 2.99. The number of amides is 1. The molecule has 1 aliphatic carbocycles. The zero-order valence-electron chi connectivity index (χ0n) is 9.29. The highest BCUT2D eigenvalue weighted by Crippen LogP contribution is 2.31. The van der Waals surface area contributed by atoms with Crippen LogP contribution in [0.25, 0.3) is 0 Å². The largest absolute Gasteiger partial charge is 0.346 e. The number of anilines is 1. The number of nitrogens with two attached hydrogens (primary N) is 1. The van der Waals surface area contributed by atoms with Gasteiger partial charge in [0.25, 0.3) is 5.91 Å². The van der Waals surface area contributed by atoms with E-state index in [0.29, 0.717) is 11.4 Å². The third-order valence-electron chi connectivity index (χ3n) is 3.03. The number of nitrogens with zero attached hydrogens (tertiary/aromatic N) is 1. The maximum Gasteiger partial charge on any atom is 0.270 e. The van der Waals surface area contributed by atoms with E-state index >= 15 is 0 Å². The molecular weight excluding hydrogens is 204 g/mol. The van der Waals surface area contributed by atoms with Gasteiger partial charge >= 0.3 is 0 Å². The fourth-order valence-electron chi connectivity index (χ4n) is 1.81. The number of hydrogen-bond acceptors (Lipinski definition) is 4. The van der Waals surface area contributed by atoms with Crippen LogP contribution in [0, 0.1) is 0 Å². The molecule has 0 saturated heterocycles. The second kappa shape index (κ2) is 4.09. The molecule has 86 valence electrons. The molecule has 0 atom stereocenters. The minimum Gasteiger partial charge on any atom is -0.346 e. The molecule has 1 fully saturated rings. The molecule has 16 heavy (non-hydrogen) atoms. The fraction of sp³-hybridized carbons (Fsp3) is 0.455. The molecule has 4 N–H and O–H groups in total. The Hall–Kier alpha value is -1.62. The zero-order chi connectivity index (χ0) is 11.6. The van der Waals surface area contributed by atoms with Crippen LogP contribution < -0.4 is 16.6 Å². The number of nitrogen functional groups attached to an aromatic ring is 1. The van der Waals surface area contributed by atoms with Gasteiger partial charge in [0.05, 0.1) is 5.69 Å². The van der Waals surface area contributed by atoms with Gasteiger partial charge in [-0.1, -0.05) is 0 Å². The van der Waals surface area contributed by atoms with Crippen molar-refractivity contribution in [2.75, 3.05) is 5.43 Å². The van der Waals surface area contributed by atoms with Gasteiger partial charge in [-0.3, -0.25) is 15.6 Å². The van der Waals surface area contributed by atoms with Crippen LogP contribution in [0.3, 0.4) is 0 Å². The van der Waals surface area contributed by atoms with Crippen molar-refractivity contribution < 1.29 is 4.79 Å². The van der Waals surface area contributed by atoms with Crippen LogP contribution >= 0.6 is 0 Å². The van der Waals surface area contributed by atoms with Crippen LogP contribution in [0.1, 0.15) is 36.7 Å². The highest BCUT2D eigenvalue weighted by atomic mass is 16.2. The molecule has 5 heteroatoms. The molecule has 0 spiro atoms. The number of rotatable bonds is 3. The Balaban J connectivity index is 2.08. The Labute approximate surface area is 94.4 Å². The standard InChI is InChI=1S/C11H16N4O/c1-11(4-2-5-11)14-10(16)9-7-8(15-12)3-6-13-9/h3,6-7H,2,4-5,12H2,1H3,(H,13,15)(H,14,16). The normalized spacial score (nSPS) is 17.4. The predicted octanol–water partition coefficient (Wildman–Crippen LogP) is 1.04. The number of hydrazine groups is 1. The minimum absolute atomic E-state index is 0.0507. The van der Waals surface area contributed by atoms with Gasteiger partial charge in [-0.15, -0.1) is 0 Å². The maximum atomic E-state index is 11.9. The van der Waals surface area contributed by atoms with Gasteiger partial charge in [0.1, 0.15) is 5.69 Å². The summed E-state index contributed by atoms with van der Waals surface area (Å²) in [5.41, 5.74) is 3.51. The number of aromatic nitrogens is 1. The first-order valence-corrected chi connectivity index (χ1v) is 5.38. The fourth-order valence-corrected chi connectivity index (χ4v) is 1.81. The minimum atomic E-state index is -0.140. The van der Waals surface area contributed by atoms with Gasteiger partial charge in [-0.2, -0.15) is 0 Å². The predicted molar refractivity (Wildman–Crippen MR) is 61.8 cm³/mol. The van der Waals surface area contributed by atoms with E-state index in [1.165, 1.54) is 6.42 Å². The van der Waals surface area contributed by atoms with E-state index in [4.69, 9.17) is 5.84 Å². The molecule has 2 rings (SSSR count). The van der Waals surface area contributed by atoms with Gasteiger partial charge in [0.15, 0.2) is 0 Å². The van der Waals surface area contributed by atoms with Crippen LogP contribution in [-0.4, -0.2) is 16.4 Å². The summed E-state index contributed by atoms with van der Waals surface area (Å²) in [6.07, 6.45) is 4.81. The number of carbonyl (C=O) groups excluding carboxylic acids is 1. The van der Waals surface area contributed by atoms with E-state index in [2.05, 4.69) is 22.7 Å². The molecule has 0 aromatic carbocycles. The lowest BCUT2D eigenvalue weighted by Gasteiger charge is -2.39. The molecule has 0 aliphatic heterocycles. The topological polar surface area (TPSA) is 80.0 Å². The van der Waals surface area contributed by atoms with Crippen LogP contribution in [0.15, 0.2) is 18.3 Å². The number of nitrogens with one attached hydrogen (secondary N) is 2. The Bertz CT molecular complexity index is 401. The molecular formula is C11H16N4O. The van der Waals surface area contributed by atoms with Crippen molar-refractivity contribution in [1.82, 2.24) is 10.3 Å². The first-order valence-electron chi connectivity index (χ1n) is 5.38. The highest BCUT2D eigenvalue weighted by molar-refractivity contribution is 5.93. The van der Waals surface area contributed by atoms with Crippen molar-refractivity contribution in [1.29, 1.82) is 0 Å². The molecule has 5 nitrogen and oxygen atoms in total. The second-order valence-electron chi connectivity index (χ2n) is 4.44. The first-order chi connectivity index (χ1) is 7.63. The summed E-state index contributed by atoms with van der Waals surface area (Å²) in [6, 6.07) is 3.35. The van der Waals surface area contributed by atoms with Crippen molar-refractivity contribution in [3.8, 4) is 0 Å².